The molecule has 0 radical (unpaired) electrons. The second-order valence-electron chi connectivity index (χ2n) is 10.4. The summed E-state index contributed by atoms with van der Waals surface area (Å²) >= 11 is 14.2. The van der Waals surface area contributed by atoms with Crippen LogP contribution < -0.4 is 10.1 Å². The Kier molecular flexibility index (Phi) is 9.75. The first-order valence-corrected chi connectivity index (χ1v) is 14.7. The number of azide groups is 1. The number of rotatable bonds is 9. The van der Waals surface area contributed by atoms with Gasteiger partial charge < -0.3 is 0 Å². The van der Waals surface area contributed by atoms with Gasteiger partial charge in [-0.15, -0.1) is 0 Å². The monoisotopic (exact) mass is 571 g/mol. The molecule has 3 rings (SSSR count). The minimum Gasteiger partial charge on any atom is -0.176 e. The molecule has 1 aromatic heterocycles. The van der Waals surface area contributed by atoms with Crippen molar-refractivity contribution >= 4 is 37.0 Å². The summed E-state index contributed by atoms with van der Waals surface area (Å²) in [6.07, 6.45) is 0. The number of hydrogen-bond acceptors (Lipinski definition) is 2. The Morgan fingerprint density at radius 2 is 1.13 bits per heavy atom. The number of halogens is 2. The predicted octanol–water partition coefficient (Wildman–Crippen LogP) is 10.1. The van der Waals surface area contributed by atoms with Crippen LogP contribution in [0, 0.1) is 0 Å². The lowest BCUT2D eigenvalue weighted by atomic mass is 9.92. The molecular formula is C27H34Cl2N8P+. The molecule has 0 amide bonds. The van der Waals surface area contributed by atoms with E-state index in [1.165, 1.54) is 0 Å². The molecule has 1 heterocycles. The van der Waals surface area contributed by atoms with E-state index in [1.807, 2.05) is 21.3 Å². The first kappa shape index (κ1) is 29.8. The zero-order chi connectivity index (χ0) is 28.3. The highest BCUT2D eigenvalue weighted by Gasteiger charge is 2.40. The van der Waals surface area contributed by atoms with Crippen LogP contribution in [0.3, 0.4) is 0 Å². The van der Waals surface area contributed by atoms with Crippen molar-refractivity contribution in [3.8, 4) is 11.4 Å². The maximum absolute atomic E-state index is 9.50. The van der Waals surface area contributed by atoms with Gasteiger partial charge in [-0.05, 0) is 57.9 Å². The summed E-state index contributed by atoms with van der Waals surface area (Å²) in [4.78, 5) is 14.0. The van der Waals surface area contributed by atoms with Gasteiger partial charge in [-0.3, -0.25) is 0 Å². The van der Waals surface area contributed by atoms with Gasteiger partial charge in [-0.25, -0.2) is 0 Å². The molecule has 0 unspecified atom stereocenters. The van der Waals surface area contributed by atoms with Crippen molar-refractivity contribution in [1.82, 2.24) is 4.57 Å². The SMILES string of the molecule is CC(C)c1cccc(C(C)C)c1-n1c(Cl)c(Cl)[n+](-c2c(C(C)C)cccc2C(C)C)c1P(N=[N+]=[N-])N=[N+]=[N-]. The molecule has 0 atom stereocenters. The first-order valence-electron chi connectivity index (χ1n) is 12.7. The predicted molar refractivity (Wildman–Crippen MR) is 159 cm³/mol. The van der Waals surface area contributed by atoms with E-state index in [0.717, 1.165) is 33.6 Å². The smallest absolute Gasteiger partial charge is 0.176 e. The lowest BCUT2D eigenvalue weighted by Crippen LogP contribution is -2.48. The van der Waals surface area contributed by atoms with Gasteiger partial charge in [0.05, 0.1) is 0 Å². The molecule has 0 saturated carbocycles. The minimum absolute atomic E-state index is 0.154. The van der Waals surface area contributed by atoms with Crippen molar-refractivity contribution in [3.05, 3.63) is 89.8 Å². The number of hydrogen-bond donors (Lipinski definition) is 0. The molecule has 0 N–H and O–H groups in total. The van der Waals surface area contributed by atoms with Gasteiger partial charge in [-0.2, -0.15) is 9.13 Å². The van der Waals surface area contributed by atoms with Gasteiger partial charge >= 0.3 is 5.57 Å². The van der Waals surface area contributed by atoms with Crippen molar-refractivity contribution < 1.29 is 4.57 Å². The van der Waals surface area contributed by atoms with Gasteiger partial charge in [-0.1, -0.05) is 102 Å². The van der Waals surface area contributed by atoms with Crippen LogP contribution in [-0.4, -0.2) is 4.57 Å². The first-order chi connectivity index (χ1) is 18.0. The fourth-order valence-electron chi connectivity index (χ4n) is 4.75. The standard InChI is InChI=1S/C27H34Cl2N8P/c1-15(2)19-11-9-12-20(16(3)4)23(19)36-25(28)26(29)37(27(36)38(34-32-30)35-33-31)24-21(17(5)6)13-10-14-22(24)18(7)8/h9-18H,1-8H3/q+1. The van der Waals surface area contributed by atoms with Gasteiger partial charge in [0.25, 0.3) is 10.3 Å². The summed E-state index contributed by atoms with van der Waals surface area (Å²) < 4.78 is 3.68. The lowest BCUT2D eigenvalue weighted by Gasteiger charge is -2.20. The Morgan fingerprint density at radius 1 is 0.737 bits per heavy atom. The Hall–Kier alpha value is -2.72. The van der Waals surface area contributed by atoms with E-state index >= 15 is 0 Å². The van der Waals surface area contributed by atoms with Crippen LogP contribution in [0.2, 0.25) is 10.3 Å². The van der Waals surface area contributed by atoms with E-state index in [1.54, 1.807) is 0 Å². The molecule has 2 aromatic carbocycles. The average molecular weight is 573 g/mol. The largest absolute Gasteiger partial charge is 0.302 e. The number of aromatic nitrogens is 2. The summed E-state index contributed by atoms with van der Waals surface area (Å²) in [5, 5.41) is 0.525. The summed E-state index contributed by atoms with van der Waals surface area (Å²) in [6.45, 7) is 16.9. The van der Waals surface area contributed by atoms with Gasteiger partial charge in [0.15, 0.2) is 8.22 Å². The van der Waals surface area contributed by atoms with E-state index in [9.17, 15) is 11.1 Å². The van der Waals surface area contributed by atoms with Crippen LogP contribution >= 0.6 is 31.4 Å². The molecular weight excluding hydrogens is 538 g/mol. The summed E-state index contributed by atoms with van der Waals surface area (Å²) in [7, 11) is -2.09. The zero-order valence-electron chi connectivity index (χ0n) is 23.1. The Balaban J connectivity index is 2.70. The molecule has 200 valence electrons. The molecule has 0 aliphatic carbocycles. The van der Waals surface area contributed by atoms with Crippen molar-refractivity contribution in [3.63, 3.8) is 0 Å². The van der Waals surface area contributed by atoms with E-state index in [4.69, 9.17) is 23.2 Å². The second-order valence-corrected chi connectivity index (χ2v) is 12.4. The second kappa shape index (κ2) is 12.4. The van der Waals surface area contributed by atoms with Crippen LogP contribution in [-0.2, 0) is 0 Å². The lowest BCUT2D eigenvalue weighted by molar-refractivity contribution is -0.573. The highest BCUT2D eigenvalue weighted by atomic mass is 35.5. The third-order valence-electron chi connectivity index (χ3n) is 6.52. The number of imidazole rings is 1. The summed E-state index contributed by atoms with van der Waals surface area (Å²) in [5.41, 5.74) is 25.4. The normalized spacial score (nSPS) is 12.3. The average Bonchev–Trinajstić information content (AvgIpc) is 3.12. The zero-order valence-corrected chi connectivity index (χ0v) is 25.5. The van der Waals surface area contributed by atoms with E-state index in [2.05, 4.69) is 99.2 Å². The molecule has 0 spiro atoms. The molecule has 0 aliphatic heterocycles. The van der Waals surface area contributed by atoms with Gasteiger partial charge in [0, 0.05) is 32.1 Å². The van der Waals surface area contributed by atoms with E-state index in [-0.39, 0.29) is 34.0 Å². The van der Waals surface area contributed by atoms with Crippen LogP contribution in [0.25, 0.3) is 32.3 Å². The molecule has 8 nitrogen and oxygen atoms in total. The Bertz CT molecular complexity index is 1270. The highest BCUT2D eigenvalue weighted by Crippen LogP contribution is 2.44. The maximum Gasteiger partial charge on any atom is 0.302 e. The van der Waals surface area contributed by atoms with Crippen molar-refractivity contribution in [2.45, 2.75) is 79.1 Å². The van der Waals surface area contributed by atoms with Gasteiger partial charge in [0.2, 0.25) is 0 Å². The fraction of sp³-hybridized carbons (Fsp3) is 0.444. The van der Waals surface area contributed by atoms with Gasteiger partial charge in [0.1, 0.15) is 11.4 Å². The van der Waals surface area contributed by atoms with E-state index < -0.39 is 8.22 Å². The fourth-order valence-corrected chi connectivity index (χ4v) is 6.47. The van der Waals surface area contributed by atoms with Crippen LogP contribution in [0.15, 0.2) is 46.2 Å². The van der Waals surface area contributed by atoms with Crippen LogP contribution in [0.5, 0.6) is 0 Å². The molecule has 3 aromatic rings. The summed E-state index contributed by atoms with van der Waals surface area (Å²) in [5.74, 6) is 0.617. The summed E-state index contributed by atoms with van der Waals surface area (Å²) in [6, 6.07) is 12.3. The van der Waals surface area contributed by atoms with Crippen molar-refractivity contribution in [1.29, 1.82) is 0 Å². The van der Waals surface area contributed by atoms with Crippen molar-refractivity contribution in [2.24, 2.45) is 9.77 Å². The van der Waals surface area contributed by atoms with Crippen molar-refractivity contribution in [2.75, 3.05) is 0 Å². The van der Waals surface area contributed by atoms with E-state index in [0.29, 0.717) is 5.57 Å². The Labute approximate surface area is 235 Å². The van der Waals surface area contributed by atoms with Crippen LogP contribution in [0.1, 0.15) is 101 Å². The quantitative estimate of drug-likeness (QED) is 0.0800. The molecule has 0 bridgehead atoms. The number of nitrogens with zero attached hydrogens (tertiary/aromatic N) is 8. The molecule has 38 heavy (non-hydrogen) atoms. The maximum atomic E-state index is 9.50. The molecule has 11 heteroatoms. The molecule has 0 fully saturated rings. The number of para-hydroxylation sites is 2. The molecule has 0 aliphatic rings. The minimum atomic E-state index is -2.09. The van der Waals surface area contributed by atoms with Crippen LogP contribution in [0.4, 0.5) is 0 Å². The topological polar surface area (TPSA) is 106 Å². The third-order valence-corrected chi connectivity index (χ3v) is 8.57. The Morgan fingerprint density at radius 3 is 1.50 bits per heavy atom. The number of benzene rings is 2. The molecule has 0 saturated heterocycles. The highest BCUT2D eigenvalue weighted by molar-refractivity contribution is 7.62. The third kappa shape index (κ3) is 5.52.